The molecule has 29 nitrogen and oxygen atoms in total. The molecule has 34 heteroatoms. The summed E-state index contributed by atoms with van der Waals surface area (Å²) in [5.74, 6) is -1.15. The van der Waals surface area contributed by atoms with Crippen LogP contribution in [0.15, 0.2) is 36.4 Å². The van der Waals surface area contributed by atoms with Gasteiger partial charge in [-0.3, -0.25) is 38.4 Å². The molecule has 636 valence electrons. The second-order valence-electron chi connectivity index (χ2n) is 27.8. The zero-order valence-electron chi connectivity index (χ0n) is 68.1. The number of carbonyl (C=O) groups excluding carboxylic acids is 11. The highest BCUT2D eigenvalue weighted by Gasteiger charge is 2.25. The van der Waals surface area contributed by atoms with Crippen molar-refractivity contribution < 1.29 is 91.1 Å². The Morgan fingerprint density at radius 2 is 0.697 bits per heavy atom. The lowest BCUT2D eigenvalue weighted by Crippen LogP contribution is -2.49. The van der Waals surface area contributed by atoms with Crippen LogP contribution in [-0.4, -0.2) is 176 Å². The van der Waals surface area contributed by atoms with E-state index in [4.69, 9.17) is 34.5 Å². The maximum absolute atomic E-state index is 12.7. The highest BCUT2D eigenvalue weighted by Crippen LogP contribution is 2.24. The predicted molar refractivity (Wildman–Crippen MR) is 452 cm³/mol. The van der Waals surface area contributed by atoms with Crippen LogP contribution in [0.5, 0.6) is 11.5 Å². The highest BCUT2D eigenvalue weighted by atomic mass is 35.5. The van der Waals surface area contributed by atoms with E-state index in [1.54, 1.807) is 69.2 Å². The number of aliphatic carboxylic acids is 1. The number of ether oxygens (including phenoxy) is 6. The van der Waals surface area contributed by atoms with Crippen molar-refractivity contribution >= 4 is 138 Å². The van der Waals surface area contributed by atoms with Crippen LogP contribution in [-0.2, 0) is 62.1 Å². The number of Topliss-reactive ketones (excluding diaryl/α,β-unsaturated/α-hetero) is 1. The third kappa shape index (κ3) is 71.0. The number of alkyl carbamates (subject to hydrolysis) is 3. The summed E-state index contributed by atoms with van der Waals surface area (Å²) in [6.07, 6.45) is 6.13. The number of ketones is 1. The van der Waals surface area contributed by atoms with Crippen molar-refractivity contribution in [3.05, 3.63) is 58.7 Å². The van der Waals surface area contributed by atoms with Gasteiger partial charge in [-0.15, -0.1) is 12.4 Å². The van der Waals surface area contributed by atoms with E-state index in [1.807, 2.05) is 77.9 Å². The van der Waals surface area contributed by atoms with E-state index in [-0.39, 0.29) is 133 Å². The third-order valence-corrected chi connectivity index (χ3v) is 13.5. The van der Waals surface area contributed by atoms with Gasteiger partial charge in [-0.25, -0.2) is 19.2 Å². The van der Waals surface area contributed by atoms with Gasteiger partial charge in [0.2, 0.25) is 35.4 Å². The van der Waals surface area contributed by atoms with Crippen molar-refractivity contribution in [3.63, 3.8) is 0 Å². The molecule has 9 amide bonds. The molecule has 0 aliphatic heterocycles. The lowest BCUT2D eigenvalue weighted by molar-refractivity contribution is -0.142. The molecule has 0 fully saturated rings. The van der Waals surface area contributed by atoms with Crippen LogP contribution < -0.4 is 63.1 Å². The molecule has 0 radical (unpaired) electrons. The number of unbranched alkanes of at least 4 members (excludes halogenated alkanes) is 4. The van der Waals surface area contributed by atoms with E-state index in [0.29, 0.717) is 97.4 Å². The summed E-state index contributed by atoms with van der Waals surface area (Å²) in [5.41, 5.74) is 8.12. The average molecular weight is 1650 g/mol. The molecule has 0 bridgehead atoms. The molecule has 0 aromatic heterocycles. The first kappa shape index (κ1) is 120. The quantitative estimate of drug-likeness (QED) is 0.0171. The Hall–Kier alpha value is -7.07. The van der Waals surface area contributed by atoms with E-state index in [1.165, 1.54) is 41.5 Å². The average Bonchev–Trinajstić information content (AvgIpc) is 0.871. The third-order valence-electron chi connectivity index (χ3n) is 13.5. The molecular formula is C75H141ClN10O19S4. The fourth-order valence-corrected chi connectivity index (χ4v) is 9.02. The van der Waals surface area contributed by atoms with Crippen LogP contribution in [0.1, 0.15) is 231 Å². The number of rotatable bonds is 36. The first-order valence-corrected chi connectivity index (χ1v) is 35.3. The number of carboxylic acids is 1. The fourth-order valence-electron chi connectivity index (χ4n) is 9.02. The van der Waals surface area contributed by atoms with Gasteiger partial charge < -0.3 is 87.1 Å². The minimum absolute atomic E-state index is 0. The van der Waals surface area contributed by atoms with Crippen LogP contribution in [0.2, 0.25) is 0 Å². The topological polar surface area (TPSA) is 415 Å². The Kier molecular flexibility index (Phi) is 73.6. The minimum Gasteiger partial charge on any atom is -0.491 e. The number of carbonyl (C=O) groups is 12. The summed E-state index contributed by atoms with van der Waals surface area (Å²) in [6, 6.07) is 9.03. The Morgan fingerprint density at radius 3 is 0.936 bits per heavy atom. The van der Waals surface area contributed by atoms with Gasteiger partial charge in [0.1, 0.15) is 59.6 Å². The molecule has 0 saturated carbocycles. The standard InChI is InChI=1S/C24H39N3O5.C19H31N3O3.C14H26N2O4.C13H24N2O5.C4H8O2.CH4.ClH.4H2S/c1-16-11-10-12-17(2)21(16)31-15-18(3)26-22(29)20(27-19(4)28)13-8-9-14-25-23(30)32-24(5,6)7;1-13-8-7-9-14(2)18(13)25-12-15(3)21-19(24)17(22-16(4)23)10-5-6-11-20;1-10(17)12(16-11(2)18)8-6-7-9-15-13(19)20-14(3,4)5;1-9(16)15-10(11(17)18)7-5-6-8-14-12(19)20-13(2,3)4;1-3-6-4(2)5;;;;;;/h10-12,18,20H,8-9,13-15H2,1-7H3,(H,25,30)(H,26,29)(H,27,28);7-9,15,17H,5-6,10-12,20H2,1-4H3,(H,21,24)(H,22,23);12H,6-9H2,1-5H3,(H,15,19)(H,16,18);10H,5-8H2,1-4H3,(H,14,19)(H,15,16)(H,17,18);3H2,1-2H3;1H4;1H;4*1H2/t18?,20-;15?,17-;12-;10-;;;;;;;/m0000......./s1. The number of hydrogen-bond donors (Lipinski definition) is 11. The summed E-state index contributed by atoms with van der Waals surface area (Å²) >= 11 is 0. The number of aryl methyl sites for hydroxylation is 4. The van der Waals surface area contributed by atoms with E-state index in [9.17, 15) is 57.5 Å². The number of benzene rings is 2. The van der Waals surface area contributed by atoms with Gasteiger partial charge in [-0.1, -0.05) is 43.8 Å². The van der Waals surface area contributed by atoms with E-state index in [0.717, 1.165) is 59.4 Å². The Bertz CT molecular complexity index is 2830. The van der Waals surface area contributed by atoms with Crippen LogP contribution >= 0.6 is 66.4 Å². The second kappa shape index (κ2) is 66.7. The van der Waals surface area contributed by atoms with Crippen LogP contribution in [0, 0.1) is 27.7 Å². The molecule has 2 unspecified atom stereocenters. The van der Waals surface area contributed by atoms with Gasteiger partial charge in [0, 0.05) is 54.3 Å². The second-order valence-corrected chi connectivity index (χ2v) is 27.8. The van der Waals surface area contributed by atoms with Gasteiger partial charge in [0.05, 0.1) is 24.7 Å². The first-order valence-electron chi connectivity index (χ1n) is 35.3. The van der Waals surface area contributed by atoms with Crippen molar-refractivity contribution in [1.29, 1.82) is 0 Å². The molecule has 2 aromatic rings. The van der Waals surface area contributed by atoms with E-state index in [2.05, 4.69) is 52.6 Å². The van der Waals surface area contributed by atoms with Gasteiger partial charge in [0.15, 0.2) is 5.78 Å². The molecule has 6 atom stereocenters. The maximum atomic E-state index is 12.7. The zero-order valence-corrected chi connectivity index (χ0v) is 73.0. The number of nitrogens with two attached hydrogens (primary N) is 1. The van der Waals surface area contributed by atoms with Crippen molar-refractivity contribution in [2.45, 2.75) is 290 Å². The van der Waals surface area contributed by atoms with Gasteiger partial charge in [-0.05, 0) is 224 Å². The van der Waals surface area contributed by atoms with E-state index >= 15 is 0 Å². The number of carboxylic acid groups (broad SMARTS) is 1. The lowest BCUT2D eigenvalue weighted by Gasteiger charge is -2.22. The molecule has 2 rings (SSSR count). The van der Waals surface area contributed by atoms with Crippen LogP contribution in [0.4, 0.5) is 14.4 Å². The summed E-state index contributed by atoms with van der Waals surface area (Å²) < 4.78 is 31.5. The van der Waals surface area contributed by atoms with Gasteiger partial charge in [-0.2, -0.15) is 54.0 Å². The molecule has 2 aromatic carbocycles. The van der Waals surface area contributed by atoms with Gasteiger partial charge >= 0.3 is 30.2 Å². The summed E-state index contributed by atoms with van der Waals surface area (Å²) in [7, 11) is 0. The molecular weight excluding hydrogens is 1510 g/mol. The molecule has 0 heterocycles. The zero-order chi connectivity index (χ0) is 79.6. The van der Waals surface area contributed by atoms with Crippen LogP contribution in [0.3, 0.4) is 0 Å². The smallest absolute Gasteiger partial charge is 0.407 e. The molecule has 0 saturated heterocycles. The van der Waals surface area contributed by atoms with Crippen molar-refractivity contribution in [2.24, 2.45) is 5.73 Å². The van der Waals surface area contributed by atoms with Crippen molar-refractivity contribution in [3.8, 4) is 11.5 Å². The number of para-hydroxylation sites is 2. The molecule has 12 N–H and O–H groups in total. The molecule has 0 aliphatic rings. The Balaban J connectivity index is -0.000000170. The summed E-state index contributed by atoms with van der Waals surface area (Å²) in [4.78, 5) is 136. The number of halogens is 1. The fraction of sp³-hybridized carbons (Fsp3) is 0.680. The predicted octanol–water partition coefficient (Wildman–Crippen LogP) is 10.3. The largest absolute Gasteiger partial charge is 0.491 e. The summed E-state index contributed by atoms with van der Waals surface area (Å²) in [5, 5.41) is 33.0. The monoisotopic (exact) mass is 1650 g/mol. The molecule has 109 heavy (non-hydrogen) atoms. The number of esters is 1. The number of hydrogen-bond acceptors (Lipinski definition) is 19. The number of amides is 9. The van der Waals surface area contributed by atoms with Crippen molar-refractivity contribution in [2.75, 3.05) is 46.0 Å². The maximum Gasteiger partial charge on any atom is 0.407 e. The normalized spacial score (nSPS) is 11.8. The molecule has 0 aliphatic carbocycles. The first-order chi connectivity index (χ1) is 47.7. The van der Waals surface area contributed by atoms with Crippen LogP contribution in [0.25, 0.3) is 0 Å². The SMILES string of the molecule is C.CC(=O)N[C@@H](CCCCN)C(=O)NC(C)COc1c(C)cccc1C.CC(=O)N[C@@H](CCCCNC(=O)OC(C)(C)C)C(=O)NC(C)COc1c(C)cccc1C.CC(=O)N[C@@H](CCCCNC(=O)OC(C)(C)C)C(=O)O.CC(=O)N[C@@H](CCCCNC(=O)OC(C)(C)C)C(C)=O.CCOC(C)=O.Cl.S.S.S.S. The van der Waals surface area contributed by atoms with Crippen molar-refractivity contribution in [1.82, 2.24) is 47.9 Å². The molecule has 0 spiro atoms. The highest BCUT2D eigenvalue weighted by molar-refractivity contribution is 7.59. The van der Waals surface area contributed by atoms with E-state index < -0.39 is 65.2 Å². The minimum atomic E-state index is -1.06. The number of nitrogens with one attached hydrogen (secondary N) is 9. The Labute approximate surface area is 684 Å². The Morgan fingerprint density at radius 1 is 0.431 bits per heavy atom. The van der Waals surface area contributed by atoms with Gasteiger partial charge in [0.25, 0.3) is 0 Å². The summed E-state index contributed by atoms with van der Waals surface area (Å²) in [6.45, 7) is 41.0. The lowest BCUT2D eigenvalue weighted by atomic mass is 10.1.